The number of fused-ring (bicyclic) bond motifs is 5. The first-order chi connectivity index (χ1) is 14.8. The van der Waals surface area contributed by atoms with Gasteiger partial charge in [-0.15, -0.1) is 0 Å². The van der Waals surface area contributed by atoms with Gasteiger partial charge in [0.25, 0.3) is 5.54 Å². The molecular formula is C27H23N4+. The number of aryl methyl sites for hydroxylation is 3. The Balaban J connectivity index is 2.06. The van der Waals surface area contributed by atoms with Crippen LogP contribution in [0, 0.1) is 20.4 Å². The first-order valence-corrected chi connectivity index (χ1v) is 10.6. The summed E-state index contributed by atoms with van der Waals surface area (Å²) in [6.07, 6.45) is 4.01. The van der Waals surface area contributed by atoms with E-state index < -0.39 is 5.54 Å². The van der Waals surface area contributed by atoms with E-state index in [-0.39, 0.29) is 0 Å². The van der Waals surface area contributed by atoms with Gasteiger partial charge >= 0.3 is 0 Å². The zero-order chi connectivity index (χ0) is 21.7. The SMILES string of the molecule is [C-]#[N+]C(C)(C)c1cc2cc[n+](C)c3c4c(C)c(C)cc5c6ncccc6n(c(c1)c23)c54. The van der Waals surface area contributed by atoms with Gasteiger partial charge in [0.15, 0.2) is 6.20 Å². The van der Waals surface area contributed by atoms with E-state index >= 15 is 0 Å². The van der Waals surface area contributed by atoms with Crippen LogP contribution < -0.4 is 4.57 Å². The molecule has 0 aliphatic rings. The summed E-state index contributed by atoms with van der Waals surface area (Å²) in [5.74, 6) is 0. The number of pyridine rings is 3. The lowest BCUT2D eigenvalue weighted by Crippen LogP contribution is -2.29. The molecule has 0 spiro atoms. The van der Waals surface area contributed by atoms with Crippen LogP contribution in [0.3, 0.4) is 0 Å². The second-order valence-corrected chi connectivity index (χ2v) is 9.20. The van der Waals surface area contributed by atoms with Gasteiger partial charge in [0, 0.05) is 37.1 Å². The number of benzene rings is 2. The van der Waals surface area contributed by atoms with E-state index in [0.29, 0.717) is 0 Å². The minimum absolute atomic E-state index is 0.591. The van der Waals surface area contributed by atoms with Crippen molar-refractivity contribution >= 4 is 49.1 Å². The third kappa shape index (κ3) is 2.13. The summed E-state index contributed by atoms with van der Waals surface area (Å²) in [7, 11) is 2.12. The molecule has 31 heavy (non-hydrogen) atoms. The molecular weight excluding hydrogens is 380 g/mol. The van der Waals surface area contributed by atoms with Crippen LogP contribution in [0.2, 0.25) is 0 Å². The van der Waals surface area contributed by atoms with Gasteiger partial charge in [-0.2, -0.15) is 0 Å². The van der Waals surface area contributed by atoms with Crippen molar-refractivity contribution in [3.63, 3.8) is 0 Å². The van der Waals surface area contributed by atoms with Crippen molar-refractivity contribution in [2.75, 3.05) is 0 Å². The van der Waals surface area contributed by atoms with Crippen LogP contribution in [0.5, 0.6) is 0 Å². The fourth-order valence-corrected chi connectivity index (χ4v) is 5.14. The monoisotopic (exact) mass is 403 g/mol. The summed E-state index contributed by atoms with van der Waals surface area (Å²) >= 11 is 0. The van der Waals surface area contributed by atoms with E-state index in [9.17, 15) is 0 Å². The molecule has 0 saturated carbocycles. The molecule has 0 bridgehead atoms. The van der Waals surface area contributed by atoms with Crippen LogP contribution in [-0.4, -0.2) is 9.38 Å². The zero-order valence-corrected chi connectivity index (χ0v) is 18.4. The Hall–Kier alpha value is -3.71. The Bertz CT molecular complexity index is 1750. The van der Waals surface area contributed by atoms with Gasteiger partial charge < -0.3 is 9.25 Å². The molecule has 4 aromatic heterocycles. The highest BCUT2D eigenvalue weighted by Gasteiger charge is 2.30. The van der Waals surface area contributed by atoms with E-state index in [2.05, 4.69) is 71.2 Å². The van der Waals surface area contributed by atoms with Crippen molar-refractivity contribution in [2.24, 2.45) is 7.05 Å². The maximum atomic E-state index is 7.76. The topological polar surface area (TPSA) is 25.5 Å². The summed E-state index contributed by atoms with van der Waals surface area (Å²) in [6.45, 7) is 16.2. The van der Waals surface area contributed by atoms with Gasteiger partial charge in [0.1, 0.15) is 7.05 Å². The molecule has 0 radical (unpaired) electrons. The molecule has 2 aromatic carbocycles. The predicted octanol–water partition coefficient (Wildman–Crippen LogP) is 5.98. The van der Waals surface area contributed by atoms with Gasteiger partial charge in [-0.3, -0.25) is 4.98 Å². The molecule has 0 saturated heterocycles. The third-order valence-electron chi connectivity index (χ3n) is 7.00. The Kier molecular flexibility index (Phi) is 3.33. The third-order valence-corrected chi connectivity index (χ3v) is 7.00. The minimum atomic E-state index is -0.591. The van der Waals surface area contributed by atoms with E-state index in [1.807, 2.05) is 26.1 Å². The fraction of sp³-hybridized carbons (Fsp3) is 0.222. The summed E-state index contributed by atoms with van der Waals surface area (Å²) in [5.41, 5.74) is 8.75. The van der Waals surface area contributed by atoms with E-state index in [1.165, 1.54) is 43.7 Å². The first kappa shape index (κ1) is 18.1. The van der Waals surface area contributed by atoms with Gasteiger partial charge in [-0.1, -0.05) is 0 Å². The molecule has 0 unspecified atom stereocenters. The van der Waals surface area contributed by atoms with Crippen LogP contribution in [0.25, 0.3) is 54.0 Å². The fourth-order valence-electron chi connectivity index (χ4n) is 5.14. The van der Waals surface area contributed by atoms with Crippen LogP contribution in [0.4, 0.5) is 0 Å². The molecule has 4 nitrogen and oxygen atoms in total. The minimum Gasteiger partial charge on any atom is -0.306 e. The number of aromatic nitrogens is 3. The first-order valence-electron chi connectivity index (χ1n) is 10.6. The largest absolute Gasteiger partial charge is 0.306 e. The molecule has 0 amide bonds. The Morgan fingerprint density at radius 3 is 2.65 bits per heavy atom. The van der Waals surface area contributed by atoms with Crippen molar-refractivity contribution in [1.82, 2.24) is 9.38 Å². The van der Waals surface area contributed by atoms with Gasteiger partial charge in [-0.05, 0) is 60.7 Å². The number of rotatable bonds is 1. The van der Waals surface area contributed by atoms with Gasteiger partial charge in [0.2, 0.25) is 5.52 Å². The van der Waals surface area contributed by atoms with Crippen molar-refractivity contribution in [3.8, 4) is 0 Å². The Morgan fingerprint density at radius 2 is 1.87 bits per heavy atom. The summed E-state index contributed by atoms with van der Waals surface area (Å²) in [5, 5.41) is 4.87. The molecule has 4 heteroatoms. The van der Waals surface area contributed by atoms with Crippen molar-refractivity contribution in [2.45, 2.75) is 33.2 Å². The standard InChI is InChI=1S/C27H23N4/c1-15-12-19-24-20(8-7-10-29-24)31-21-14-18(27(3,4)28-5)13-17-9-11-30(6)26(23(17)21)22(16(15)2)25(19)31/h7-14H,1-4,6H3/q+1. The lowest BCUT2D eigenvalue weighted by atomic mass is 9.90. The van der Waals surface area contributed by atoms with Crippen molar-refractivity contribution < 1.29 is 4.57 Å². The quantitative estimate of drug-likeness (QED) is 0.143. The lowest BCUT2D eigenvalue weighted by Gasteiger charge is -2.17. The average molecular weight is 404 g/mol. The van der Waals surface area contributed by atoms with Crippen molar-refractivity contribution in [3.05, 3.63) is 76.9 Å². The van der Waals surface area contributed by atoms with Gasteiger partial charge in [-0.25, -0.2) is 11.1 Å². The summed E-state index contributed by atoms with van der Waals surface area (Å²) in [6, 6.07) is 13.0. The molecule has 4 heterocycles. The maximum Gasteiger partial charge on any atom is 0.252 e. The van der Waals surface area contributed by atoms with Crippen molar-refractivity contribution in [1.29, 1.82) is 0 Å². The average Bonchev–Trinajstić information content (AvgIpc) is 3.09. The normalized spacial score (nSPS) is 12.6. The molecule has 0 atom stereocenters. The maximum absolute atomic E-state index is 7.76. The summed E-state index contributed by atoms with van der Waals surface area (Å²) in [4.78, 5) is 8.70. The molecule has 6 rings (SSSR count). The van der Waals surface area contributed by atoms with Crippen LogP contribution >= 0.6 is 0 Å². The molecule has 0 N–H and O–H groups in total. The van der Waals surface area contributed by atoms with Crippen LogP contribution in [0.15, 0.2) is 48.8 Å². The van der Waals surface area contributed by atoms with Crippen LogP contribution in [-0.2, 0) is 12.6 Å². The predicted molar refractivity (Wildman–Crippen MR) is 127 cm³/mol. The summed E-state index contributed by atoms with van der Waals surface area (Å²) < 4.78 is 4.61. The Morgan fingerprint density at radius 1 is 1.06 bits per heavy atom. The highest BCUT2D eigenvalue weighted by atomic mass is 15.0. The molecule has 0 aliphatic carbocycles. The molecule has 0 aliphatic heterocycles. The number of hydrogen-bond donors (Lipinski definition) is 0. The van der Waals surface area contributed by atoms with Gasteiger partial charge in [0.05, 0.1) is 32.8 Å². The number of hydrogen-bond acceptors (Lipinski definition) is 1. The van der Waals surface area contributed by atoms with E-state index in [1.54, 1.807) is 0 Å². The molecule has 0 fully saturated rings. The zero-order valence-electron chi connectivity index (χ0n) is 18.4. The second kappa shape index (κ2) is 5.70. The highest BCUT2D eigenvalue weighted by molar-refractivity contribution is 6.25. The number of nitrogens with zero attached hydrogens (tertiary/aromatic N) is 4. The van der Waals surface area contributed by atoms with E-state index in [0.717, 1.165) is 22.1 Å². The smallest absolute Gasteiger partial charge is 0.252 e. The molecule has 150 valence electrons. The van der Waals surface area contributed by atoms with E-state index in [4.69, 9.17) is 11.6 Å². The lowest BCUT2D eigenvalue weighted by molar-refractivity contribution is -0.643. The Labute approximate surface area is 180 Å². The molecule has 6 aromatic rings. The second-order valence-electron chi connectivity index (χ2n) is 9.20. The highest BCUT2D eigenvalue weighted by Crippen LogP contribution is 2.42. The van der Waals surface area contributed by atoms with Crippen LogP contribution in [0.1, 0.15) is 30.5 Å².